The van der Waals surface area contributed by atoms with Crippen molar-refractivity contribution in [2.75, 3.05) is 5.32 Å². The molecule has 0 bridgehead atoms. The molecule has 0 atom stereocenters. The van der Waals surface area contributed by atoms with Crippen LogP contribution in [0.3, 0.4) is 0 Å². The number of aryl methyl sites for hydroxylation is 2. The van der Waals surface area contributed by atoms with Crippen molar-refractivity contribution in [1.29, 1.82) is 5.26 Å². The third-order valence-electron chi connectivity index (χ3n) is 3.41. The summed E-state index contributed by atoms with van der Waals surface area (Å²) in [6.45, 7) is 4.27. The smallest absolute Gasteiger partial charge is 0.290 e. The maximum atomic E-state index is 12.2. The molecule has 1 aromatic heterocycles. The van der Waals surface area contributed by atoms with Gasteiger partial charge in [-0.3, -0.25) is 4.79 Å². The fourth-order valence-corrected chi connectivity index (χ4v) is 2.31. The number of carbonyl (C=O) groups excluding carboxylic acids is 1. The molecular formula is C17H17ClN3O+. The van der Waals surface area contributed by atoms with Crippen molar-refractivity contribution in [3.05, 3.63) is 58.4 Å². The van der Waals surface area contributed by atoms with Crippen LogP contribution in [0.5, 0.6) is 0 Å². The van der Waals surface area contributed by atoms with E-state index in [1.165, 1.54) is 5.56 Å². The van der Waals surface area contributed by atoms with E-state index in [1.807, 2.05) is 29.8 Å². The molecule has 0 saturated heterocycles. The molecule has 2 rings (SSSR count). The van der Waals surface area contributed by atoms with Gasteiger partial charge in [-0.2, -0.15) is 9.83 Å². The zero-order valence-electron chi connectivity index (χ0n) is 12.6. The molecule has 1 aromatic carbocycles. The highest BCUT2D eigenvalue weighted by atomic mass is 35.5. The fourth-order valence-electron chi connectivity index (χ4n) is 2.09. The van der Waals surface area contributed by atoms with E-state index in [2.05, 4.69) is 18.3 Å². The van der Waals surface area contributed by atoms with Crippen molar-refractivity contribution in [2.24, 2.45) is 0 Å². The number of aromatic nitrogens is 1. The van der Waals surface area contributed by atoms with Gasteiger partial charge in [0.15, 0.2) is 11.9 Å². The molecule has 0 spiro atoms. The molecule has 0 saturated carbocycles. The first kappa shape index (κ1) is 16.0. The average molecular weight is 315 g/mol. The lowest BCUT2D eigenvalue weighted by Gasteiger charge is -2.06. The standard InChI is InChI=1S/C17H16ClN3O/c1-3-13-5-4-12(2)21(10-13)11-17(22)20-15-7-6-14(9-19)16(18)8-15/h4-8,10H,3,11H2,1-2H3/p+1. The first-order chi connectivity index (χ1) is 10.5. The lowest BCUT2D eigenvalue weighted by molar-refractivity contribution is -0.690. The molecule has 0 fully saturated rings. The normalized spacial score (nSPS) is 10.1. The van der Waals surface area contributed by atoms with E-state index in [-0.39, 0.29) is 12.5 Å². The predicted molar refractivity (Wildman–Crippen MR) is 85.5 cm³/mol. The number of benzene rings is 1. The molecule has 5 heteroatoms. The Hall–Kier alpha value is -2.38. The van der Waals surface area contributed by atoms with E-state index < -0.39 is 0 Å². The molecule has 0 aliphatic carbocycles. The first-order valence-corrected chi connectivity index (χ1v) is 7.39. The number of rotatable bonds is 4. The molecule has 22 heavy (non-hydrogen) atoms. The van der Waals surface area contributed by atoms with Crippen LogP contribution in [0.1, 0.15) is 23.7 Å². The number of hydrogen-bond donors (Lipinski definition) is 1. The quantitative estimate of drug-likeness (QED) is 0.882. The third-order valence-corrected chi connectivity index (χ3v) is 3.72. The van der Waals surface area contributed by atoms with E-state index in [0.717, 1.165) is 12.1 Å². The van der Waals surface area contributed by atoms with Crippen LogP contribution < -0.4 is 9.88 Å². The topological polar surface area (TPSA) is 56.8 Å². The summed E-state index contributed by atoms with van der Waals surface area (Å²) in [5, 5.41) is 12.0. The maximum Gasteiger partial charge on any atom is 0.290 e. The van der Waals surface area contributed by atoms with E-state index in [0.29, 0.717) is 16.3 Å². The minimum atomic E-state index is -0.137. The maximum absolute atomic E-state index is 12.2. The van der Waals surface area contributed by atoms with Gasteiger partial charge in [0.2, 0.25) is 6.54 Å². The van der Waals surface area contributed by atoms with E-state index in [4.69, 9.17) is 16.9 Å². The minimum absolute atomic E-state index is 0.137. The number of carbonyl (C=O) groups is 1. The van der Waals surface area contributed by atoms with Crippen molar-refractivity contribution in [3.63, 3.8) is 0 Å². The molecular weight excluding hydrogens is 298 g/mol. The summed E-state index contributed by atoms with van der Waals surface area (Å²) in [5.41, 5.74) is 3.17. The highest BCUT2D eigenvalue weighted by molar-refractivity contribution is 6.32. The Morgan fingerprint density at radius 2 is 2.14 bits per heavy atom. The number of halogens is 1. The van der Waals surface area contributed by atoms with Gasteiger partial charge in [0, 0.05) is 24.2 Å². The second-order valence-electron chi connectivity index (χ2n) is 5.01. The molecule has 0 aliphatic heterocycles. The Labute approximate surface area is 135 Å². The largest absolute Gasteiger partial charge is 0.321 e. The Morgan fingerprint density at radius 1 is 1.36 bits per heavy atom. The van der Waals surface area contributed by atoms with Gasteiger partial charge in [0.1, 0.15) is 6.07 Å². The van der Waals surface area contributed by atoms with Crippen LogP contribution in [0.25, 0.3) is 0 Å². The van der Waals surface area contributed by atoms with Crippen LogP contribution >= 0.6 is 11.6 Å². The molecule has 4 nitrogen and oxygen atoms in total. The van der Waals surface area contributed by atoms with Crippen LogP contribution in [0.2, 0.25) is 5.02 Å². The summed E-state index contributed by atoms with van der Waals surface area (Å²) in [7, 11) is 0. The van der Waals surface area contributed by atoms with Crippen molar-refractivity contribution < 1.29 is 9.36 Å². The molecule has 112 valence electrons. The number of amides is 1. The number of anilines is 1. The second-order valence-corrected chi connectivity index (χ2v) is 5.42. The Morgan fingerprint density at radius 3 is 2.77 bits per heavy atom. The molecule has 0 radical (unpaired) electrons. The summed E-state index contributed by atoms with van der Waals surface area (Å²) < 4.78 is 1.92. The second kappa shape index (κ2) is 7.06. The van der Waals surface area contributed by atoms with Crippen molar-refractivity contribution in [3.8, 4) is 6.07 Å². The Balaban J connectivity index is 2.10. The van der Waals surface area contributed by atoms with Crippen LogP contribution in [-0.2, 0) is 17.8 Å². The zero-order chi connectivity index (χ0) is 16.1. The molecule has 2 aromatic rings. The number of nitrogens with zero attached hydrogens (tertiary/aromatic N) is 2. The van der Waals surface area contributed by atoms with Crippen LogP contribution in [-0.4, -0.2) is 5.91 Å². The lowest BCUT2D eigenvalue weighted by atomic mass is 10.2. The summed E-state index contributed by atoms with van der Waals surface area (Å²) in [4.78, 5) is 12.2. The molecule has 1 amide bonds. The SMILES string of the molecule is CCc1ccc(C)[n+](CC(=O)Nc2ccc(C#N)c(Cl)c2)c1. The van der Waals surface area contributed by atoms with Gasteiger partial charge in [0.25, 0.3) is 5.91 Å². The Kier molecular flexibility index (Phi) is 5.13. The van der Waals surface area contributed by atoms with Gasteiger partial charge in [0.05, 0.1) is 10.6 Å². The molecule has 1 heterocycles. The van der Waals surface area contributed by atoms with Gasteiger partial charge in [-0.15, -0.1) is 0 Å². The van der Waals surface area contributed by atoms with E-state index in [1.54, 1.807) is 18.2 Å². The number of hydrogen-bond acceptors (Lipinski definition) is 2. The number of nitriles is 1. The van der Waals surface area contributed by atoms with Gasteiger partial charge in [-0.25, -0.2) is 0 Å². The van der Waals surface area contributed by atoms with Crippen molar-refractivity contribution >= 4 is 23.2 Å². The summed E-state index contributed by atoms with van der Waals surface area (Å²) in [6.07, 6.45) is 2.91. The van der Waals surface area contributed by atoms with E-state index in [9.17, 15) is 4.79 Å². The predicted octanol–water partition coefficient (Wildman–Crippen LogP) is 3.01. The fraction of sp³-hybridized carbons (Fsp3) is 0.235. The highest BCUT2D eigenvalue weighted by Crippen LogP contribution is 2.20. The van der Waals surface area contributed by atoms with Gasteiger partial charge in [-0.05, 0) is 30.7 Å². The van der Waals surface area contributed by atoms with Gasteiger partial charge >= 0.3 is 0 Å². The van der Waals surface area contributed by atoms with E-state index >= 15 is 0 Å². The monoisotopic (exact) mass is 314 g/mol. The average Bonchev–Trinajstić information content (AvgIpc) is 2.49. The molecule has 0 unspecified atom stereocenters. The number of pyridine rings is 1. The third kappa shape index (κ3) is 3.84. The zero-order valence-corrected chi connectivity index (χ0v) is 13.3. The number of nitrogens with one attached hydrogen (secondary N) is 1. The summed E-state index contributed by atoms with van der Waals surface area (Å²) in [5.74, 6) is -0.137. The van der Waals surface area contributed by atoms with Crippen LogP contribution in [0, 0.1) is 18.3 Å². The highest BCUT2D eigenvalue weighted by Gasteiger charge is 2.14. The Bertz CT molecular complexity index is 750. The van der Waals surface area contributed by atoms with Crippen molar-refractivity contribution in [1.82, 2.24) is 0 Å². The van der Waals surface area contributed by atoms with Crippen LogP contribution in [0.15, 0.2) is 36.5 Å². The van der Waals surface area contributed by atoms with Gasteiger partial charge in [-0.1, -0.05) is 18.5 Å². The van der Waals surface area contributed by atoms with Crippen molar-refractivity contribution in [2.45, 2.75) is 26.8 Å². The van der Waals surface area contributed by atoms with Gasteiger partial charge < -0.3 is 5.32 Å². The summed E-state index contributed by atoms with van der Waals surface area (Å²) in [6, 6.07) is 10.9. The first-order valence-electron chi connectivity index (χ1n) is 7.02. The molecule has 0 aliphatic rings. The molecule has 1 N–H and O–H groups in total. The van der Waals surface area contributed by atoms with Crippen LogP contribution in [0.4, 0.5) is 5.69 Å². The lowest BCUT2D eigenvalue weighted by Crippen LogP contribution is -2.43. The summed E-state index contributed by atoms with van der Waals surface area (Å²) >= 11 is 5.96. The minimum Gasteiger partial charge on any atom is -0.321 e.